The van der Waals surface area contributed by atoms with Crippen LogP contribution in [0.2, 0.25) is 0 Å². The van der Waals surface area contributed by atoms with E-state index in [4.69, 9.17) is 4.74 Å². The highest BCUT2D eigenvalue weighted by Gasteiger charge is 2.39. The predicted molar refractivity (Wildman–Crippen MR) is 80.6 cm³/mol. The molecule has 0 spiro atoms. The second-order valence-corrected chi connectivity index (χ2v) is 6.40. The second kappa shape index (κ2) is 6.59. The molecule has 1 aliphatic carbocycles. The molecule has 20 heavy (non-hydrogen) atoms. The zero-order valence-electron chi connectivity index (χ0n) is 11.6. The van der Waals surface area contributed by atoms with Gasteiger partial charge in [-0.05, 0) is 40.9 Å². The maximum atomic E-state index is 12.0. The third kappa shape index (κ3) is 3.52. The van der Waals surface area contributed by atoms with E-state index >= 15 is 0 Å². The molecule has 0 aliphatic heterocycles. The number of benzene rings is 1. The number of hydrogen-bond acceptors (Lipinski definition) is 3. The first-order valence-corrected chi connectivity index (χ1v) is 7.62. The highest BCUT2D eigenvalue weighted by Crippen LogP contribution is 2.37. The predicted octanol–water partition coefficient (Wildman–Crippen LogP) is 2.50. The van der Waals surface area contributed by atoms with Crippen LogP contribution in [0.4, 0.5) is 0 Å². The van der Waals surface area contributed by atoms with Gasteiger partial charge in [0.15, 0.2) is 6.61 Å². The van der Waals surface area contributed by atoms with Crippen molar-refractivity contribution in [3.8, 4) is 5.75 Å². The number of ether oxygens (including phenoxy) is 1. The van der Waals surface area contributed by atoms with Gasteiger partial charge in [0, 0.05) is 11.5 Å². The number of aliphatic hydroxyl groups is 1. The van der Waals surface area contributed by atoms with Gasteiger partial charge in [-0.25, -0.2) is 0 Å². The summed E-state index contributed by atoms with van der Waals surface area (Å²) in [6.07, 6.45) is 2.89. The van der Waals surface area contributed by atoms with Crippen molar-refractivity contribution in [1.29, 1.82) is 0 Å². The van der Waals surface area contributed by atoms with Crippen molar-refractivity contribution in [1.82, 2.24) is 5.32 Å². The molecule has 5 heteroatoms. The number of carbonyl (C=O) groups is 1. The smallest absolute Gasteiger partial charge is 0.258 e. The highest BCUT2D eigenvalue weighted by molar-refractivity contribution is 9.10. The Kier molecular flexibility index (Phi) is 5.05. The van der Waals surface area contributed by atoms with Crippen molar-refractivity contribution in [3.63, 3.8) is 0 Å². The molecule has 1 aromatic rings. The average Bonchev–Trinajstić information content (AvgIpc) is 2.80. The Morgan fingerprint density at radius 3 is 3.00 bits per heavy atom. The normalized spacial score (nSPS) is 25.4. The minimum absolute atomic E-state index is 0.0133. The van der Waals surface area contributed by atoms with Crippen molar-refractivity contribution in [3.05, 3.63) is 28.7 Å². The van der Waals surface area contributed by atoms with Gasteiger partial charge in [0.2, 0.25) is 0 Å². The van der Waals surface area contributed by atoms with Gasteiger partial charge in [0.25, 0.3) is 5.91 Å². The first kappa shape index (κ1) is 15.3. The third-order valence-corrected chi connectivity index (χ3v) is 4.63. The zero-order valence-corrected chi connectivity index (χ0v) is 13.1. The van der Waals surface area contributed by atoms with Crippen molar-refractivity contribution in [2.45, 2.75) is 32.2 Å². The molecule has 0 radical (unpaired) electrons. The number of halogens is 1. The number of hydrogen-bond donors (Lipinski definition) is 2. The van der Waals surface area contributed by atoms with Gasteiger partial charge in [-0.2, -0.15) is 0 Å². The summed E-state index contributed by atoms with van der Waals surface area (Å²) in [6.45, 7) is 2.10. The lowest BCUT2D eigenvalue weighted by Crippen LogP contribution is -2.46. The van der Waals surface area contributed by atoms with Crippen LogP contribution in [-0.2, 0) is 4.79 Å². The van der Waals surface area contributed by atoms with Crippen molar-refractivity contribution < 1.29 is 14.6 Å². The highest BCUT2D eigenvalue weighted by atomic mass is 79.9. The van der Waals surface area contributed by atoms with E-state index in [1.807, 2.05) is 31.2 Å². The fourth-order valence-electron chi connectivity index (χ4n) is 2.61. The SMILES string of the molecule is CC1(CO)CCCC1NC(=O)COc1ccccc1Br. The summed E-state index contributed by atoms with van der Waals surface area (Å²) in [5.74, 6) is 0.506. The van der Waals surface area contributed by atoms with Gasteiger partial charge in [-0.1, -0.05) is 25.5 Å². The van der Waals surface area contributed by atoms with Gasteiger partial charge >= 0.3 is 0 Å². The molecule has 4 nitrogen and oxygen atoms in total. The molecule has 1 amide bonds. The van der Waals surface area contributed by atoms with Crippen LogP contribution in [0.1, 0.15) is 26.2 Å². The lowest BCUT2D eigenvalue weighted by molar-refractivity contribution is -0.124. The Bertz CT molecular complexity index is 480. The Labute approximate surface area is 127 Å². The molecule has 1 aromatic carbocycles. The summed E-state index contributed by atoms with van der Waals surface area (Å²) in [7, 11) is 0. The minimum Gasteiger partial charge on any atom is -0.483 e. The number of carbonyl (C=O) groups excluding carboxylic acids is 1. The number of amides is 1. The van der Waals surface area contributed by atoms with Crippen LogP contribution < -0.4 is 10.1 Å². The van der Waals surface area contributed by atoms with Crippen LogP contribution in [-0.4, -0.2) is 30.3 Å². The van der Waals surface area contributed by atoms with Crippen LogP contribution in [0.5, 0.6) is 5.75 Å². The summed E-state index contributed by atoms with van der Waals surface area (Å²) in [6, 6.07) is 7.46. The zero-order chi connectivity index (χ0) is 14.6. The molecule has 0 bridgehead atoms. The van der Waals surface area contributed by atoms with Crippen LogP contribution in [0.15, 0.2) is 28.7 Å². The molecule has 2 rings (SSSR count). The van der Waals surface area contributed by atoms with Crippen LogP contribution >= 0.6 is 15.9 Å². The standard InChI is InChI=1S/C15H20BrNO3/c1-15(10-18)8-4-7-13(15)17-14(19)9-20-12-6-3-2-5-11(12)16/h2-3,5-6,13,18H,4,7-10H2,1H3,(H,17,19). The fraction of sp³-hybridized carbons (Fsp3) is 0.533. The van der Waals surface area contributed by atoms with Crippen molar-refractivity contribution in [2.24, 2.45) is 5.41 Å². The maximum absolute atomic E-state index is 12.0. The van der Waals surface area contributed by atoms with Gasteiger partial charge in [-0.3, -0.25) is 4.79 Å². The Morgan fingerprint density at radius 1 is 1.55 bits per heavy atom. The Morgan fingerprint density at radius 2 is 2.30 bits per heavy atom. The topological polar surface area (TPSA) is 58.6 Å². The number of nitrogens with one attached hydrogen (secondary N) is 1. The first-order chi connectivity index (χ1) is 9.55. The van der Waals surface area contributed by atoms with E-state index in [-0.39, 0.29) is 30.6 Å². The third-order valence-electron chi connectivity index (χ3n) is 3.97. The maximum Gasteiger partial charge on any atom is 0.258 e. The van der Waals surface area contributed by atoms with Crippen molar-refractivity contribution >= 4 is 21.8 Å². The molecular formula is C15H20BrNO3. The molecule has 0 aromatic heterocycles. The largest absolute Gasteiger partial charge is 0.483 e. The van der Waals surface area contributed by atoms with E-state index in [1.54, 1.807) is 0 Å². The fourth-order valence-corrected chi connectivity index (χ4v) is 3.01. The first-order valence-electron chi connectivity index (χ1n) is 6.83. The lowest BCUT2D eigenvalue weighted by atomic mass is 9.86. The number of para-hydroxylation sites is 1. The van der Waals surface area contributed by atoms with E-state index in [9.17, 15) is 9.90 Å². The molecule has 2 N–H and O–H groups in total. The van der Waals surface area contributed by atoms with E-state index in [0.717, 1.165) is 23.7 Å². The molecule has 0 heterocycles. The molecule has 2 unspecified atom stereocenters. The van der Waals surface area contributed by atoms with E-state index in [2.05, 4.69) is 21.2 Å². The molecule has 1 fully saturated rings. The summed E-state index contributed by atoms with van der Waals surface area (Å²) in [5.41, 5.74) is -0.205. The molecule has 0 saturated heterocycles. The lowest BCUT2D eigenvalue weighted by Gasteiger charge is -2.30. The van der Waals surface area contributed by atoms with E-state index in [1.165, 1.54) is 0 Å². The molecular weight excluding hydrogens is 322 g/mol. The second-order valence-electron chi connectivity index (χ2n) is 5.54. The summed E-state index contributed by atoms with van der Waals surface area (Å²) < 4.78 is 6.32. The molecule has 1 aliphatic rings. The Balaban J connectivity index is 1.86. The monoisotopic (exact) mass is 341 g/mol. The van der Waals surface area contributed by atoms with E-state index in [0.29, 0.717) is 5.75 Å². The van der Waals surface area contributed by atoms with Crippen molar-refractivity contribution in [2.75, 3.05) is 13.2 Å². The number of aliphatic hydroxyl groups excluding tert-OH is 1. The van der Waals surface area contributed by atoms with E-state index < -0.39 is 0 Å². The number of rotatable bonds is 5. The molecule has 110 valence electrons. The quantitative estimate of drug-likeness (QED) is 0.864. The van der Waals surface area contributed by atoms with Crippen LogP contribution in [0, 0.1) is 5.41 Å². The summed E-state index contributed by atoms with van der Waals surface area (Å²) in [5, 5.41) is 12.4. The van der Waals surface area contributed by atoms with Gasteiger partial charge in [0.05, 0.1) is 11.1 Å². The Hall–Kier alpha value is -1.07. The minimum atomic E-state index is -0.205. The van der Waals surface area contributed by atoms with Gasteiger partial charge in [-0.15, -0.1) is 0 Å². The van der Waals surface area contributed by atoms with Gasteiger partial charge in [0.1, 0.15) is 5.75 Å². The summed E-state index contributed by atoms with van der Waals surface area (Å²) in [4.78, 5) is 12.0. The van der Waals surface area contributed by atoms with Crippen LogP contribution in [0.25, 0.3) is 0 Å². The van der Waals surface area contributed by atoms with Gasteiger partial charge < -0.3 is 15.2 Å². The summed E-state index contributed by atoms with van der Waals surface area (Å²) >= 11 is 3.37. The average molecular weight is 342 g/mol. The molecule has 1 saturated carbocycles. The van der Waals surface area contributed by atoms with Crippen LogP contribution in [0.3, 0.4) is 0 Å². The molecule has 2 atom stereocenters.